The van der Waals surface area contributed by atoms with Crippen LogP contribution in [0.15, 0.2) is 16.7 Å². The molecule has 0 amide bonds. The minimum atomic E-state index is -2.35. The average molecular weight is 414 g/mol. The van der Waals surface area contributed by atoms with Crippen LogP contribution >= 0.6 is 0 Å². The summed E-state index contributed by atoms with van der Waals surface area (Å²) in [6.07, 6.45) is 11.0. The van der Waals surface area contributed by atoms with E-state index >= 15 is 0 Å². The van der Waals surface area contributed by atoms with E-state index in [1.54, 1.807) is 0 Å². The Balaban J connectivity index is 2.99. The molecular formula is C19H37NOSn. The molecule has 0 saturated carbocycles. The van der Waals surface area contributed by atoms with E-state index in [0.29, 0.717) is 0 Å². The SMILES string of the molecule is CCC[CH2][Sn]([CH2]CCC)([CH2]CCC)[c]1cc(CC(C)N)co1. The van der Waals surface area contributed by atoms with Crippen LogP contribution in [0.2, 0.25) is 13.3 Å². The maximum atomic E-state index is 6.16. The summed E-state index contributed by atoms with van der Waals surface area (Å²) in [6.45, 7) is 9.04. The van der Waals surface area contributed by atoms with Gasteiger partial charge in [-0.25, -0.2) is 0 Å². The predicted molar refractivity (Wildman–Crippen MR) is 101 cm³/mol. The van der Waals surface area contributed by atoms with Gasteiger partial charge in [0.2, 0.25) is 0 Å². The van der Waals surface area contributed by atoms with Crippen molar-refractivity contribution in [2.24, 2.45) is 5.73 Å². The quantitative estimate of drug-likeness (QED) is 0.476. The zero-order valence-corrected chi connectivity index (χ0v) is 18.1. The topological polar surface area (TPSA) is 39.2 Å². The van der Waals surface area contributed by atoms with Gasteiger partial charge in [-0.2, -0.15) is 0 Å². The summed E-state index contributed by atoms with van der Waals surface area (Å²) >= 11 is -2.35. The predicted octanol–water partition coefficient (Wildman–Crippen LogP) is 5.23. The van der Waals surface area contributed by atoms with Crippen LogP contribution in [0.1, 0.15) is 71.8 Å². The third kappa shape index (κ3) is 6.27. The van der Waals surface area contributed by atoms with Crippen molar-refractivity contribution in [2.45, 2.75) is 92.0 Å². The van der Waals surface area contributed by atoms with Crippen LogP contribution < -0.4 is 9.51 Å². The van der Waals surface area contributed by atoms with Crippen molar-refractivity contribution in [3.63, 3.8) is 0 Å². The molecule has 0 aliphatic rings. The van der Waals surface area contributed by atoms with Gasteiger partial charge in [-0.1, -0.05) is 0 Å². The van der Waals surface area contributed by atoms with Crippen molar-refractivity contribution in [1.29, 1.82) is 0 Å². The fourth-order valence-corrected chi connectivity index (χ4v) is 18.8. The van der Waals surface area contributed by atoms with E-state index < -0.39 is 18.4 Å². The number of hydrogen-bond donors (Lipinski definition) is 1. The molecule has 1 heterocycles. The number of unbranched alkanes of at least 4 members (excludes halogenated alkanes) is 3. The van der Waals surface area contributed by atoms with Gasteiger partial charge in [-0.3, -0.25) is 0 Å². The number of nitrogens with two attached hydrogens (primary N) is 1. The van der Waals surface area contributed by atoms with Gasteiger partial charge in [0.25, 0.3) is 0 Å². The average Bonchev–Trinajstić information content (AvgIpc) is 2.95. The molecular weight excluding hydrogens is 377 g/mol. The Kier molecular flexibility index (Phi) is 9.81. The summed E-state index contributed by atoms with van der Waals surface area (Å²) in [5.74, 6) is 0. The third-order valence-electron chi connectivity index (χ3n) is 4.76. The molecule has 0 aromatic carbocycles. The van der Waals surface area contributed by atoms with Crippen molar-refractivity contribution in [2.75, 3.05) is 0 Å². The first kappa shape index (κ1) is 20.1. The molecule has 0 radical (unpaired) electrons. The van der Waals surface area contributed by atoms with Gasteiger partial charge in [-0.15, -0.1) is 0 Å². The van der Waals surface area contributed by atoms with Crippen molar-refractivity contribution in [1.82, 2.24) is 0 Å². The molecule has 1 aromatic rings. The first-order chi connectivity index (χ1) is 10.6. The molecule has 0 bridgehead atoms. The second kappa shape index (κ2) is 10.7. The Morgan fingerprint density at radius 3 is 1.91 bits per heavy atom. The molecule has 0 aliphatic heterocycles. The van der Waals surface area contributed by atoms with Crippen molar-refractivity contribution >= 4 is 22.2 Å². The van der Waals surface area contributed by atoms with Crippen LogP contribution in [-0.4, -0.2) is 24.4 Å². The number of hydrogen-bond acceptors (Lipinski definition) is 2. The summed E-state index contributed by atoms with van der Waals surface area (Å²) in [6, 6.07) is 2.61. The van der Waals surface area contributed by atoms with Gasteiger partial charge in [0.1, 0.15) is 0 Å². The minimum absolute atomic E-state index is 0.219. The van der Waals surface area contributed by atoms with Gasteiger partial charge < -0.3 is 0 Å². The van der Waals surface area contributed by atoms with E-state index in [2.05, 4.69) is 33.8 Å². The van der Waals surface area contributed by atoms with Gasteiger partial charge in [0.15, 0.2) is 0 Å². The van der Waals surface area contributed by atoms with Crippen molar-refractivity contribution < 1.29 is 4.42 Å². The monoisotopic (exact) mass is 415 g/mol. The normalized spacial score (nSPS) is 13.5. The first-order valence-corrected chi connectivity index (χ1v) is 16.9. The van der Waals surface area contributed by atoms with Gasteiger partial charge in [-0.05, 0) is 0 Å². The molecule has 1 rings (SSSR count). The molecule has 1 atom stereocenters. The molecule has 0 spiro atoms. The second-order valence-corrected chi connectivity index (χ2v) is 20.1. The molecule has 0 aliphatic carbocycles. The first-order valence-electron chi connectivity index (χ1n) is 9.41. The Labute approximate surface area is 142 Å². The van der Waals surface area contributed by atoms with Gasteiger partial charge in [0, 0.05) is 0 Å². The van der Waals surface area contributed by atoms with E-state index in [0.717, 1.165) is 6.42 Å². The summed E-state index contributed by atoms with van der Waals surface area (Å²) in [5.41, 5.74) is 7.27. The standard InChI is InChI=1S/C7H10NO.3C4H9.Sn/c1-6(8)4-7-2-3-9-5-7;3*1-3-4-2;/h2,5-6H,4,8H2,1H3;3*1,3-4H2,2H3;. The zero-order chi connectivity index (χ0) is 16.4. The Bertz CT molecular complexity index is 378. The second-order valence-electron chi connectivity index (χ2n) is 7.09. The van der Waals surface area contributed by atoms with Crippen LogP contribution in [0.25, 0.3) is 0 Å². The number of rotatable bonds is 12. The third-order valence-corrected chi connectivity index (χ3v) is 19.7. The zero-order valence-electron chi connectivity index (χ0n) is 15.3. The molecule has 128 valence electrons. The molecule has 2 N–H and O–H groups in total. The van der Waals surface area contributed by atoms with E-state index in [1.807, 2.05) is 6.26 Å². The summed E-state index contributed by atoms with van der Waals surface area (Å²) in [4.78, 5) is 0. The van der Waals surface area contributed by atoms with E-state index in [-0.39, 0.29) is 6.04 Å². The van der Waals surface area contributed by atoms with E-state index in [1.165, 1.54) is 61.2 Å². The van der Waals surface area contributed by atoms with Crippen LogP contribution in [0, 0.1) is 0 Å². The van der Waals surface area contributed by atoms with Gasteiger partial charge in [0.05, 0.1) is 0 Å². The molecule has 1 unspecified atom stereocenters. The molecule has 22 heavy (non-hydrogen) atoms. The van der Waals surface area contributed by atoms with Crippen LogP contribution in [-0.2, 0) is 6.42 Å². The van der Waals surface area contributed by atoms with Crippen LogP contribution in [0.3, 0.4) is 0 Å². The summed E-state index contributed by atoms with van der Waals surface area (Å²) in [5, 5.41) is 0. The van der Waals surface area contributed by atoms with E-state index in [9.17, 15) is 0 Å². The fraction of sp³-hybridized carbons (Fsp3) is 0.789. The number of furan rings is 1. The Morgan fingerprint density at radius 1 is 1.00 bits per heavy atom. The van der Waals surface area contributed by atoms with Crippen LogP contribution in [0.5, 0.6) is 0 Å². The molecule has 3 heteroatoms. The Hall–Kier alpha value is 0.0387. The van der Waals surface area contributed by atoms with Crippen molar-refractivity contribution in [3.05, 3.63) is 17.9 Å². The molecule has 2 nitrogen and oxygen atoms in total. The molecule has 1 aromatic heterocycles. The van der Waals surface area contributed by atoms with Gasteiger partial charge >= 0.3 is 142 Å². The van der Waals surface area contributed by atoms with E-state index in [4.69, 9.17) is 10.2 Å². The summed E-state index contributed by atoms with van der Waals surface area (Å²) < 4.78 is 12.0. The van der Waals surface area contributed by atoms with Crippen LogP contribution in [0.4, 0.5) is 0 Å². The maximum absolute atomic E-state index is 6.16. The Morgan fingerprint density at radius 2 is 1.50 bits per heavy atom. The summed E-state index contributed by atoms with van der Waals surface area (Å²) in [7, 11) is 0. The molecule has 0 saturated heterocycles. The molecule has 0 fully saturated rings. The fourth-order valence-electron chi connectivity index (χ4n) is 3.42. The van der Waals surface area contributed by atoms with Crippen molar-refractivity contribution in [3.8, 4) is 0 Å².